The molecule has 0 aliphatic rings. The van der Waals surface area contributed by atoms with Crippen LogP contribution in [0.5, 0.6) is 0 Å². The highest BCUT2D eigenvalue weighted by Gasteiger charge is 2.22. The average Bonchev–Trinajstić information content (AvgIpc) is 3.50. The van der Waals surface area contributed by atoms with Gasteiger partial charge in [-0.2, -0.15) is 4.98 Å². The lowest BCUT2D eigenvalue weighted by molar-refractivity contribution is 0.0703. The standard InChI is InChI=1S/C23H18N4O3S3/c1-12-17-18(19(32-12)21(28)29)27(22(24-17)31-2)11-13-7-9-14(10-8-13)15-5-3-4-6-16(15)20-25-23(30)33-26-20/h3-10H,11H2,1-2H3,(H,28,29)(H,25,26,30). The van der Waals surface area contributed by atoms with Crippen LogP contribution in [-0.2, 0) is 6.54 Å². The van der Waals surface area contributed by atoms with Crippen molar-refractivity contribution in [1.29, 1.82) is 0 Å². The van der Waals surface area contributed by atoms with Gasteiger partial charge in [-0.1, -0.05) is 60.3 Å². The molecular weight excluding hydrogens is 476 g/mol. The summed E-state index contributed by atoms with van der Waals surface area (Å²) >= 11 is 3.74. The number of aromatic nitrogens is 4. The summed E-state index contributed by atoms with van der Waals surface area (Å²) in [5.74, 6) is -0.372. The maximum Gasteiger partial charge on any atom is 0.348 e. The summed E-state index contributed by atoms with van der Waals surface area (Å²) in [6.45, 7) is 2.42. The fraction of sp³-hybridized carbons (Fsp3) is 0.130. The fourth-order valence-electron chi connectivity index (χ4n) is 3.86. The van der Waals surface area contributed by atoms with Crippen LogP contribution in [0.3, 0.4) is 0 Å². The van der Waals surface area contributed by atoms with Crippen molar-refractivity contribution in [2.75, 3.05) is 6.26 Å². The van der Waals surface area contributed by atoms with Crippen molar-refractivity contribution in [3.63, 3.8) is 0 Å². The number of imidazole rings is 1. The molecule has 0 radical (unpaired) electrons. The van der Waals surface area contributed by atoms with E-state index in [0.717, 1.165) is 49.3 Å². The molecule has 5 rings (SSSR count). The van der Waals surface area contributed by atoms with Crippen molar-refractivity contribution in [3.05, 3.63) is 73.5 Å². The maximum absolute atomic E-state index is 11.8. The van der Waals surface area contributed by atoms with E-state index in [-0.39, 0.29) is 4.87 Å². The third kappa shape index (κ3) is 3.90. The van der Waals surface area contributed by atoms with Crippen LogP contribution in [0.15, 0.2) is 58.5 Å². The molecule has 166 valence electrons. The van der Waals surface area contributed by atoms with E-state index in [1.54, 1.807) is 0 Å². The minimum absolute atomic E-state index is 0.254. The van der Waals surface area contributed by atoms with Gasteiger partial charge in [0, 0.05) is 22.0 Å². The maximum atomic E-state index is 11.8. The highest BCUT2D eigenvalue weighted by Crippen LogP contribution is 2.35. The molecule has 0 aliphatic carbocycles. The molecule has 0 atom stereocenters. The van der Waals surface area contributed by atoms with E-state index in [2.05, 4.69) is 14.3 Å². The van der Waals surface area contributed by atoms with Crippen molar-refractivity contribution in [2.24, 2.45) is 0 Å². The van der Waals surface area contributed by atoms with Gasteiger partial charge in [0.15, 0.2) is 11.0 Å². The molecule has 7 nitrogen and oxygen atoms in total. The molecule has 3 heterocycles. The zero-order valence-corrected chi connectivity index (χ0v) is 20.1. The van der Waals surface area contributed by atoms with E-state index in [1.807, 2.05) is 66.3 Å². The number of carboxylic acid groups (broad SMARTS) is 1. The van der Waals surface area contributed by atoms with Crippen LogP contribution in [-0.4, -0.2) is 36.2 Å². The second-order valence-electron chi connectivity index (χ2n) is 7.35. The predicted octanol–water partition coefficient (Wildman–Crippen LogP) is 5.35. The number of nitrogens with zero attached hydrogens (tertiary/aromatic N) is 3. The number of rotatable bonds is 6. The van der Waals surface area contributed by atoms with Gasteiger partial charge in [-0.25, -0.2) is 9.78 Å². The van der Waals surface area contributed by atoms with Crippen molar-refractivity contribution in [1.82, 2.24) is 18.9 Å². The highest BCUT2D eigenvalue weighted by molar-refractivity contribution is 7.98. The first-order valence-electron chi connectivity index (χ1n) is 9.97. The van der Waals surface area contributed by atoms with E-state index >= 15 is 0 Å². The Labute approximate surface area is 200 Å². The van der Waals surface area contributed by atoms with Gasteiger partial charge in [0.1, 0.15) is 10.4 Å². The van der Waals surface area contributed by atoms with E-state index in [1.165, 1.54) is 23.1 Å². The Bertz CT molecular complexity index is 1540. The van der Waals surface area contributed by atoms with Crippen LogP contribution in [0, 0.1) is 6.92 Å². The number of hydrogen-bond donors (Lipinski definition) is 2. The molecule has 2 N–H and O–H groups in total. The second-order valence-corrected chi connectivity index (χ2v) is 10.1. The minimum Gasteiger partial charge on any atom is -0.477 e. The molecule has 3 aromatic heterocycles. The Morgan fingerprint density at radius 2 is 1.85 bits per heavy atom. The van der Waals surface area contributed by atoms with Crippen molar-refractivity contribution in [3.8, 4) is 22.5 Å². The summed E-state index contributed by atoms with van der Waals surface area (Å²) in [7, 11) is 0. The number of hydrogen-bond acceptors (Lipinski definition) is 7. The van der Waals surface area contributed by atoms with Gasteiger partial charge in [0.25, 0.3) is 0 Å². The lowest BCUT2D eigenvalue weighted by atomic mass is 9.98. The van der Waals surface area contributed by atoms with E-state index in [9.17, 15) is 14.7 Å². The number of thiophene rings is 1. The van der Waals surface area contributed by atoms with Gasteiger partial charge >= 0.3 is 10.8 Å². The van der Waals surface area contributed by atoms with Gasteiger partial charge in [0.2, 0.25) is 0 Å². The van der Waals surface area contributed by atoms with Gasteiger partial charge < -0.3 is 9.67 Å². The van der Waals surface area contributed by atoms with Gasteiger partial charge in [-0.3, -0.25) is 9.17 Å². The van der Waals surface area contributed by atoms with Gasteiger partial charge in [0.05, 0.1) is 12.1 Å². The Morgan fingerprint density at radius 1 is 1.12 bits per heavy atom. The zero-order valence-electron chi connectivity index (χ0n) is 17.7. The van der Waals surface area contributed by atoms with Crippen molar-refractivity contribution in [2.45, 2.75) is 18.6 Å². The molecule has 2 aromatic carbocycles. The number of carbonyl (C=O) groups is 1. The van der Waals surface area contributed by atoms with Crippen LogP contribution in [0.4, 0.5) is 0 Å². The average molecular weight is 495 g/mol. The van der Waals surface area contributed by atoms with Crippen LogP contribution in [0.25, 0.3) is 33.5 Å². The van der Waals surface area contributed by atoms with Crippen LogP contribution < -0.4 is 4.87 Å². The Balaban J connectivity index is 1.52. The molecule has 0 saturated heterocycles. The Kier molecular flexibility index (Phi) is 5.65. The first kappa shape index (κ1) is 21.6. The Morgan fingerprint density at radius 3 is 2.48 bits per heavy atom. The predicted molar refractivity (Wildman–Crippen MR) is 134 cm³/mol. The molecule has 0 spiro atoms. The first-order chi connectivity index (χ1) is 16.0. The van der Waals surface area contributed by atoms with Crippen molar-refractivity contribution < 1.29 is 9.90 Å². The van der Waals surface area contributed by atoms with Gasteiger partial charge in [-0.15, -0.1) is 11.3 Å². The summed E-state index contributed by atoms with van der Waals surface area (Å²) in [5.41, 5.74) is 5.31. The van der Waals surface area contributed by atoms with Crippen LogP contribution >= 0.6 is 34.6 Å². The topological polar surface area (TPSA) is 101 Å². The third-order valence-electron chi connectivity index (χ3n) is 5.34. The monoisotopic (exact) mass is 494 g/mol. The summed E-state index contributed by atoms with van der Waals surface area (Å²) in [4.78, 5) is 33.1. The SMILES string of the molecule is CSc1nc2c(C)sc(C(=O)O)c2n1Cc1ccc(-c2ccccc2-c2nc(=O)s[nH]2)cc1. The van der Waals surface area contributed by atoms with Gasteiger partial charge in [-0.05, 0) is 29.9 Å². The fourth-order valence-corrected chi connectivity index (χ4v) is 5.83. The summed E-state index contributed by atoms with van der Waals surface area (Å²) in [6, 6.07) is 15.9. The molecule has 0 bridgehead atoms. The number of carboxylic acids is 1. The molecule has 0 aliphatic heterocycles. The summed E-state index contributed by atoms with van der Waals surface area (Å²) < 4.78 is 4.96. The van der Waals surface area contributed by atoms with E-state index in [0.29, 0.717) is 22.8 Å². The van der Waals surface area contributed by atoms with Crippen LogP contribution in [0.1, 0.15) is 20.1 Å². The molecule has 10 heteroatoms. The smallest absolute Gasteiger partial charge is 0.348 e. The Hall–Kier alpha value is -3.21. The highest BCUT2D eigenvalue weighted by atomic mass is 32.2. The zero-order chi connectivity index (χ0) is 23.1. The molecule has 5 aromatic rings. The number of nitrogens with one attached hydrogen (secondary N) is 1. The van der Waals surface area contributed by atoms with E-state index in [4.69, 9.17) is 0 Å². The van der Waals surface area contributed by atoms with Crippen molar-refractivity contribution >= 4 is 51.6 Å². The number of benzene rings is 2. The minimum atomic E-state index is -0.932. The largest absolute Gasteiger partial charge is 0.477 e. The summed E-state index contributed by atoms with van der Waals surface area (Å²) in [6.07, 6.45) is 1.94. The van der Waals surface area contributed by atoms with Crippen LogP contribution in [0.2, 0.25) is 0 Å². The lowest BCUT2D eigenvalue weighted by Gasteiger charge is -2.11. The third-order valence-corrected chi connectivity index (χ3v) is 7.65. The number of thioether (sulfide) groups is 1. The quantitative estimate of drug-likeness (QED) is 0.309. The number of fused-ring (bicyclic) bond motifs is 1. The summed E-state index contributed by atoms with van der Waals surface area (Å²) in [5, 5.41) is 10.5. The molecular formula is C23H18N4O3S3. The number of H-pyrrole nitrogens is 1. The molecule has 0 unspecified atom stereocenters. The number of aryl methyl sites for hydroxylation is 1. The molecule has 33 heavy (non-hydrogen) atoms. The van der Waals surface area contributed by atoms with E-state index < -0.39 is 5.97 Å². The molecule has 0 amide bonds. The lowest BCUT2D eigenvalue weighted by Crippen LogP contribution is -2.04. The number of aromatic carboxylic acids is 1. The second kappa shape index (κ2) is 8.62. The first-order valence-corrected chi connectivity index (χ1v) is 12.8. The number of aromatic amines is 1. The normalized spacial score (nSPS) is 11.3. The molecule has 0 saturated carbocycles. The molecule has 0 fully saturated rings.